The van der Waals surface area contributed by atoms with Crippen molar-refractivity contribution in [3.05, 3.63) is 298 Å². The Morgan fingerprint density at radius 3 is 1.47 bits per heavy atom. The number of aliphatic hydroxyl groups excluding tert-OH is 2. The summed E-state index contributed by atoms with van der Waals surface area (Å²) in [5.74, 6) is -3.66. The van der Waals surface area contributed by atoms with Crippen molar-refractivity contribution in [2.24, 2.45) is 0 Å². The maximum atomic E-state index is 13.0. The number of alkyl halides is 2. The van der Waals surface area contributed by atoms with E-state index in [9.17, 15) is 69.3 Å². The number of aliphatic hydroxyl groups is 2. The van der Waals surface area contributed by atoms with E-state index in [1.54, 1.807) is 69.3 Å². The van der Waals surface area contributed by atoms with Crippen molar-refractivity contribution in [1.29, 1.82) is 0 Å². The SMILES string of the molecule is C=CC(=O)c1cccc(F)c1.CC(C)(C)OC(=O)NOCC[C@@H](O)c1cccc(F)c1.CON(C)C(=O)c1cccc(F)c1.Fc1cccc([C@@H]2CCOC2)c1.Fc1cccc([C@@H]2CCON2)c1.O=C(CCCl)c1cccc(F)c1.O=C(O)c1cccc(F)c1.O[C@H](CCCl)c1cccc(F)c1. The third kappa shape index (κ3) is 35.9. The number of carboxylic acid groups (broad SMARTS) is 1. The van der Waals surface area contributed by atoms with E-state index in [4.69, 9.17) is 47.5 Å². The van der Waals surface area contributed by atoms with Gasteiger partial charge in [0.25, 0.3) is 5.91 Å². The Morgan fingerprint density at radius 2 is 1.04 bits per heavy atom. The predicted octanol–water partition coefficient (Wildman–Crippen LogP) is 17.1. The van der Waals surface area contributed by atoms with Crippen LogP contribution in [0.4, 0.5) is 39.9 Å². The molecule has 0 unspecified atom stereocenters. The number of Topliss-reactive ketones (excluding diaryl/α,β-unsaturated/α-hetero) is 1. The van der Waals surface area contributed by atoms with Crippen LogP contribution in [-0.2, 0) is 24.0 Å². The van der Waals surface area contributed by atoms with E-state index in [2.05, 4.69) is 22.4 Å². The Labute approximate surface area is 597 Å². The van der Waals surface area contributed by atoms with Crippen LogP contribution in [0.25, 0.3) is 0 Å². The molecule has 8 aromatic rings. The van der Waals surface area contributed by atoms with Crippen LogP contribution in [0, 0.1) is 46.5 Å². The molecule has 0 aliphatic carbocycles. The van der Waals surface area contributed by atoms with Crippen LogP contribution < -0.4 is 11.0 Å². The van der Waals surface area contributed by atoms with E-state index in [0.29, 0.717) is 47.1 Å². The summed E-state index contributed by atoms with van der Waals surface area (Å²) >= 11 is 10.8. The molecule has 2 heterocycles. The molecule has 26 heteroatoms. The van der Waals surface area contributed by atoms with Gasteiger partial charge < -0.3 is 29.6 Å². The summed E-state index contributed by atoms with van der Waals surface area (Å²) in [6.45, 7) is 10.8. The number of rotatable bonds is 18. The van der Waals surface area contributed by atoms with E-state index >= 15 is 0 Å². The van der Waals surface area contributed by atoms with Gasteiger partial charge in [0.15, 0.2) is 11.6 Å². The highest BCUT2D eigenvalue weighted by Crippen LogP contribution is 2.26. The lowest BCUT2D eigenvalue weighted by atomic mass is 9.99. The van der Waals surface area contributed by atoms with Gasteiger partial charge in [-0.3, -0.25) is 24.1 Å². The van der Waals surface area contributed by atoms with Gasteiger partial charge in [-0.1, -0.05) is 91.5 Å². The Balaban J connectivity index is 0.000000306. The minimum absolute atomic E-state index is 0.0278. The lowest BCUT2D eigenvalue weighted by molar-refractivity contribution is -0.0757. The number of nitrogens with zero attached hydrogens (tertiary/aromatic N) is 1. The summed E-state index contributed by atoms with van der Waals surface area (Å²) < 4.78 is 111. The molecule has 5 N–H and O–H groups in total. The zero-order valence-corrected chi connectivity index (χ0v) is 58.0. The fraction of sp³-hybridized carbons (Fsp3) is 0.276. The molecule has 0 spiro atoms. The van der Waals surface area contributed by atoms with Gasteiger partial charge in [0, 0.05) is 60.9 Å². The summed E-state index contributed by atoms with van der Waals surface area (Å²) in [5, 5.41) is 28.6. The molecule has 0 saturated carbocycles. The molecule has 2 saturated heterocycles. The van der Waals surface area contributed by atoms with Crippen LogP contribution in [0.3, 0.4) is 0 Å². The second-order valence-electron chi connectivity index (χ2n) is 22.6. The highest BCUT2D eigenvalue weighted by molar-refractivity contribution is 6.19. The average molecular weight is 1470 g/mol. The number of benzene rings is 8. The summed E-state index contributed by atoms with van der Waals surface area (Å²) in [4.78, 5) is 69.4. The molecule has 2 fully saturated rings. The van der Waals surface area contributed by atoms with Crippen LogP contribution in [0.2, 0.25) is 0 Å². The van der Waals surface area contributed by atoms with Crippen LogP contribution in [-0.4, -0.2) is 108 Å². The quantitative estimate of drug-likeness (QED) is 0.0135. The second kappa shape index (κ2) is 47.8. The number of ether oxygens (including phenoxy) is 2. The van der Waals surface area contributed by atoms with Gasteiger partial charge in [-0.2, -0.15) is 11.0 Å². The van der Waals surface area contributed by atoms with Gasteiger partial charge in [0.05, 0.1) is 50.7 Å². The first-order valence-corrected chi connectivity index (χ1v) is 32.5. The standard InChI is InChI=1S/C14H20FNO4.C10H11FO.C9H10ClFO.C9H8ClFO.C9H10FNO2.C9H10FNO.C9H7FO.C7H5FO2/c1-14(2,3)20-13(18)16-19-8-7-12(17)10-5-4-6-11(15)9-10;11-10-3-1-2-8(6-10)9-4-5-12-7-9;2*10-5-4-9(12)7-2-1-3-8(11)6-7;1-11(13-2)9(12)7-4-3-5-8(10)6-7;10-8-3-1-2-7(6-8)9-4-5-12-11-9;1-2-9(11)7-4-3-5-8(10)6-7;8-6-3-1-2-5(4-6)7(9)10/h4-6,9,12,17H,7-8H2,1-3H3,(H,16,18);1-3,6,9H,4-5,7H2;1-3,6,9,12H,4-5H2;1-3,6H,4-5H2;3-6H,1-2H3;1-3,6,9,11H,4-5H2;2-6H,1H2;1-4H,(H,9,10)/t12-;2*9-;;;9-;;/m111..0../s1. The maximum absolute atomic E-state index is 13.0. The molecule has 10 rings (SSSR count). The zero-order valence-electron chi connectivity index (χ0n) is 56.5. The number of nitrogens with one attached hydrogen (secondary N) is 2. The Morgan fingerprint density at radius 1 is 0.598 bits per heavy atom. The van der Waals surface area contributed by atoms with Crippen molar-refractivity contribution in [2.75, 3.05) is 52.3 Å². The lowest BCUT2D eigenvalue weighted by Gasteiger charge is -2.19. The summed E-state index contributed by atoms with van der Waals surface area (Å²) in [6, 6.07) is 46.6. The molecule has 2 aliphatic rings. The predicted molar refractivity (Wildman–Crippen MR) is 371 cm³/mol. The van der Waals surface area contributed by atoms with Crippen molar-refractivity contribution in [2.45, 2.75) is 82.6 Å². The van der Waals surface area contributed by atoms with Gasteiger partial charge >= 0.3 is 12.1 Å². The molecule has 548 valence electrons. The largest absolute Gasteiger partial charge is 0.478 e. The third-order valence-corrected chi connectivity index (χ3v) is 14.0. The van der Waals surface area contributed by atoms with Gasteiger partial charge in [-0.15, -0.1) is 23.2 Å². The van der Waals surface area contributed by atoms with Crippen molar-refractivity contribution in [3.63, 3.8) is 0 Å². The zero-order chi connectivity index (χ0) is 75.6. The van der Waals surface area contributed by atoms with E-state index in [0.717, 1.165) is 60.5 Å². The number of aromatic carboxylic acids is 1. The second-order valence-corrected chi connectivity index (χ2v) is 23.4. The topological polar surface area (TPSA) is 219 Å². The molecular weight excluding hydrogens is 1390 g/mol. The number of ketones is 2. The summed E-state index contributed by atoms with van der Waals surface area (Å²) in [5.41, 5.74) is 8.36. The lowest BCUT2D eigenvalue weighted by Crippen LogP contribution is -2.32. The molecule has 16 nitrogen and oxygen atoms in total. The van der Waals surface area contributed by atoms with E-state index in [1.165, 1.54) is 135 Å². The van der Waals surface area contributed by atoms with Crippen molar-refractivity contribution >= 4 is 52.7 Å². The summed E-state index contributed by atoms with van der Waals surface area (Å²) in [6.07, 6.45) is 1.80. The summed E-state index contributed by atoms with van der Waals surface area (Å²) in [7, 11) is 2.84. The smallest absolute Gasteiger partial charge is 0.431 e. The molecule has 4 atom stereocenters. The van der Waals surface area contributed by atoms with E-state index < -0.39 is 59.0 Å². The van der Waals surface area contributed by atoms with Crippen LogP contribution in [0.15, 0.2) is 207 Å². The molecule has 8 aromatic carbocycles. The van der Waals surface area contributed by atoms with Gasteiger partial charge in [0.2, 0.25) is 0 Å². The number of carbonyl (C=O) groups is 5. The number of halogens is 10. The van der Waals surface area contributed by atoms with Crippen LogP contribution in [0.5, 0.6) is 0 Å². The minimum Gasteiger partial charge on any atom is -0.478 e. The first kappa shape index (κ1) is 87.0. The van der Waals surface area contributed by atoms with Crippen LogP contribution >= 0.6 is 23.2 Å². The minimum atomic E-state index is -1.11. The highest BCUT2D eigenvalue weighted by atomic mass is 35.5. The molecule has 0 bridgehead atoms. The highest BCUT2D eigenvalue weighted by Gasteiger charge is 2.20. The molecule has 0 radical (unpaired) electrons. The van der Waals surface area contributed by atoms with Crippen molar-refractivity contribution < 1.29 is 98.4 Å². The fourth-order valence-corrected chi connectivity index (χ4v) is 8.89. The third-order valence-electron chi connectivity index (χ3n) is 13.6. The number of amides is 2. The monoisotopic (exact) mass is 1470 g/mol. The molecule has 2 amide bonds. The van der Waals surface area contributed by atoms with E-state index in [1.807, 2.05) is 12.1 Å². The Hall–Kier alpha value is -9.21. The fourth-order valence-electron chi connectivity index (χ4n) is 8.51. The average Bonchev–Trinajstić information content (AvgIpc) is 1.64. The molecular formula is C76H81Cl2F8N3O13. The number of allylic oxidation sites excluding steroid dienone is 1. The molecule has 102 heavy (non-hydrogen) atoms. The Bertz CT molecular complexity index is 3800. The number of hydrogen-bond donors (Lipinski definition) is 5. The number of hydrogen-bond acceptors (Lipinski definition) is 13. The number of hydroxylamine groups is 4. The normalized spacial score (nSPS) is 13.7. The van der Waals surface area contributed by atoms with Gasteiger partial charge in [-0.25, -0.2) is 49.8 Å². The maximum Gasteiger partial charge on any atom is 0.431 e. The van der Waals surface area contributed by atoms with Crippen molar-refractivity contribution in [1.82, 2.24) is 16.0 Å². The Kier molecular flexibility index (Phi) is 40.8. The van der Waals surface area contributed by atoms with Crippen LogP contribution in [0.1, 0.15) is 141 Å². The first-order chi connectivity index (χ1) is 48.6. The number of carboxylic acids is 1. The van der Waals surface area contributed by atoms with E-state index in [-0.39, 0.29) is 77.4 Å². The number of carbonyl (C=O) groups excluding carboxylic acids is 4. The van der Waals surface area contributed by atoms with Gasteiger partial charge in [0.1, 0.15) is 52.1 Å². The van der Waals surface area contributed by atoms with Gasteiger partial charge in [-0.05, 0) is 178 Å². The van der Waals surface area contributed by atoms with Crippen molar-refractivity contribution in [3.8, 4) is 0 Å². The first-order valence-electron chi connectivity index (χ1n) is 31.4. The molecule has 2 aliphatic heterocycles. The molecule has 0 aromatic heterocycles.